The number of nitrogens with one attached hydrogen (secondary N) is 2. The minimum atomic E-state index is -4.39. The van der Waals surface area contributed by atoms with Crippen molar-refractivity contribution in [3.8, 4) is 5.75 Å². The highest BCUT2D eigenvalue weighted by Crippen LogP contribution is 2.31. The third-order valence-corrected chi connectivity index (χ3v) is 3.54. The molecule has 0 atom stereocenters. The molecule has 23 heavy (non-hydrogen) atoms. The number of hydrogen-bond donors (Lipinski definition) is 2. The zero-order valence-corrected chi connectivity index (χ0v) is 13.3. The van der Waals surface area contributed by atoms with Crippen LogP contribution in [0.1, 0.15) is 18.4 Å². The normalized spacial score (nSPS) is 15.6. The summed E-state index contributed by atoms with van der Waals surface area (Å²) in [4.78, 5) is 11.9. The molecule has 0 radical (unpaired) electrons. The quantitative estimate of drug-likeness (QED) is 0.801. The Morgan fingerprint density at radius 3 is 2.65 bits per heavy atom. The highest BCUT2D eigenvalue weighted by molar-refractivity contribution is 5.85. The maximum Gasteiger partial charge on any atom is 0.416 e. The molecular weight excluding hydrogens is 333 g/mol. The number of piperidine rings is 1. The van der Waals surface area contributed by atoms with Crippen molar-refractivity contribution >= 4 is 18.3 Å². The molecule has 4 nitrogen and oxygen atoms in total. The number of hydrogen-bond acceptors (Lipinski definition) is 3. The molecule has 0 saturated carbocycles. The molecule has 2 rings (SSSR count). The molecule has 1 aliphatic rings. The summed E-state index contributed by atoms with van der Waals surface area (Å²) in [5.41, 5.74) is -0.747. The van der Waals surface area contributed by atoms with Gasteiger partial charge in [0.25, 0.3) is 0 Å². The Morgan fingerprint density at radius 1 is 1.30 bits per heavy atom. The molecule has 1 aromatic rings. The smallest absolute Gasteiger partial charge is 0.416 e. The summed E-state index contributed by atoms with van der Waals surface area (Å²) in [5.74, 6) is 0.134. The second-order valence-corrected chi connectivity index (χ2v) is 5.19. The van der Waals surface area contributed by atoms with Crippen LogP contribution in [0, 0.1) is 5.92 Å². The molecular formula is C15H20ClF3N2O2. The van der Waals surface area contributed by atoms with Gasteiger partial charge in [0.1, 0.15) is 12.4 Å². The van der Waals surface area contributed by atoms with Crippen molar-refractivity contribution in [2.45, 2.75) is 19.0 Å². The van der Waals surface area contributed by atoms with E-state index in [0.29, 0.717) is 0 Å². The lowest BCUT2D eigenvalue weighted by Gasteiger charge is -2.21. The van der Waals surface area contributed by atoms with Gasteiger partial charge < -0.3 is 15.4 Å². The first-order valence-corrected chi connectivity index (χ1v) is 7.25. The number of halogens is 4. The fraction of sp³-hybridized carbons (Fsp3) is 0.533. The number of rotatable bonds is 5. The second kappa shape index (κ2) is 8.98. The lowest BCUT2D eigenvalue weighted by atomic mass is 9.97. The van der Waals surface area contributed by atoms with E-state index in [1.165, 1.54) is 12.1 Å². The molecule has 0 aliphatic carbocycles. The van der Waals surface area contributed by atoms with Gasteiger partial charge in [-0.05, 0) is 44.1 Å². The first-order valence-electron chi connectivity index (χ1n) is 7.25. The van der Waals surface area contributed by atoms with E-state index in [0.717, 1.165) is 38.1 Å². The van der Waals surface area contributed by atoms with Crippen LogP contribution in [0.15, 0.2) is 24.3 Å². The molecule has 8 heteroatoms. The molecule has 130 valence electrons. The van der Waals surface area contributed by atoms with E-state index in [-0.39, 0.29) is 43.1 Å². The van der Waals surface area contributed by atoms with Gasteiger partial charge in [-0.25, -0.2) is 0 Å². The van der Waals surface area contributed by atoms with Gasteiger partial charge in [-0.3, -0.25) is 4.79 Å². The van der Waals surface area contributed by atoms with E-state index in [4.69, 9.17) is 4.74 Å². The van der Waals surface area contributed by atoms with Gasteiger partial charge in [0.2, 0.25) is 5.91 Å². The average Bonchev–Trinajstić information content (AvgIpc) is 2.52. The number of alkyl halides is 3. The molecule has 0 spiro atoms. The van der Waals surface area contributed by atoms with Gasteiger partial charge in [0.15, 0.2) is 0 Å². The number of carbonyl (C=O) groups excluding carboxylic acids is 1. The highest BCUT2D eigenvalue weighted by atomic mass is 35.5. The Labute approximate surface area is 139 Å². The summed E-state index contributed by atoms with van der Waals surface area (Å²) in [6.07, 6.45) is -2.77. The summed E-state index contributed by atoms with van der Waals surface area (Å²) in [6, 6.07) is 4.70. The van der Waals surface area contributed by atoms with Crippen LogP contribution in [-0.2, 0) is 11.0 Å². The molecule has 1 amide bonds. The predicted molar refractivity (Wildman–Crippen MR) is 82.8 cm³/mol. The fourth-order valence-electron chi connectivity index (χ4n) is 2.33. The zero-order valence-electron chi connectivity index (χ0n) is 12.5. The van der Waals surface area contributed by atoms with Crippen molar-refractivity contribution in [1.29, 1.82) is 0 Å². The van der Waals surface area contributed by atoms with Crippen molar-refractivity contribution in [2.75, 3.05) is 26.2 Å². The maximum absolute atomic E-state index is 12.6. The van der Waals surface area contributed by atoms with E-state index >= 15 is 0 Å². The summed E-state index contributed by atoms with van der Waals surface area (Å²) in [5, 5.41) is 5.93. The zero-order chi connectivity index (χ0) is 16.0. The number of ether oxygens (including phenoxy) is 1. The van der Waals surface area contributed by atoms with Gasteiger partial charge in [-0.2, -0.15) is 13.2 Å². The van der Waals surface area contributed by atoms with Gasteiger partial charge in [-0.1, -0.05) is 6.07 Å². The molecule has 2 N–H and O–H groups in total. The van der Waals surface area contributed by atoms with Crippen LogP contribution in [0.25, 0.3) is 0 Å². The minimum Gasteiger partial charge on any atom is -0.492 e. The minimum absolute atomic E-state index is 0. The average molecular weight is 353 g/mol. The summed E-state index contributed by atoms with van der Waals surface area (Å²) in [7, 11) is 0. The van der Waals surface area contributed by atoms with Gasteiger partial charge in [-0.15, -0.1) is 12.4 Å². The first kappa shape index (κ1) is 19.6. The van der Waals surface area contributed by atoms with E-state index in [1.54, 1.807) is 0 Å². The predicted octanol–water partition coefficient (Wildman–Crippen LogP) is 2.62. The summed E-state index contributed by atoms with van der Waals surface area (Å²) >= 11 is 0. The topological polar surface area (TPSA) is 50.4 Å². The van der Waals surface area contributed by atoms with Crippen LogP contribution >= 0.6 is 12.4 Å². The van der Waals surface area contributed by atoms with Crippen molar-refractivity contribution in [2.24, 2.45) is 5.92 Å². The second-order valence-electron chi connectivity index (χ2n) is 5.19. The van der Waals surface area contributed by atoms with Crippen LogP contribution in [0.2, 0.25) is 0 Å². The Kier molecular flexibility index (Phi) is 7.64. The molecule has 1 saturated heterocycles. The van der Waals surface area contributed by atoms with Crippen LogP contribution in [0.4, 0.5) is 13.2 Å². The number of benzene rings is 1. The lowest BCUT2D eigenvalue weighted by molar-refractivity contribution is -0.137. The Balaban J connectivity index is 0.00000264. The number of amides is 1. The third-order valence-electron chi connectivity index (χ3n) is 3.54. The van der Waals surface area contributed by atoms with E-state index < -0.39 is 11.7 Å². The van der Waals surface area contributed by atoms with Gasteiger partial charge in [0.05, 0.1) is 12.1 Å². The van der Waals surface area contributed by atoms with Crippen LogP contribution < -0.4 is 15.4 Å². The van der Waals surface area contributed by atoms with Crippen LogP contribution in [0.3, 0.4) is 0 Å². The Morgan fingerprint density at radius 2 is 2.00 bits per heavy atom. The largest absolute Gasteiger partial charge is 0.492 e. The van der Waals surface area contributed by atoms with Crippen LogP contribution in [-0.4, -0.2) is 32.1 Å². The molecule has 0 aromatic heterocycles. The monoisotopic (exact) mass is 352 g/mol. The van der Waals surface area contributed by atoms with Gasteiger partial charge in [0, 0.05) is 5.92 Å². The van der Waals surface area contributed by atoms with E-state index in [1.807, 2.05) is 0 Å². The number of carbonyl (C=O) groups is 1. The van der Waals surface area contributed by atoms with Crippen molar-refractivity contribution in [1.82, 2.24) is 10.6 Å². The molecule has 1 heterocycles. The van der Waals surface area contributed by atoms with Crippen molar-refractivity contribution in [3.63, 3.8) is 0 Å². The SMILES string of the molecule is Cl.O=C(NCCOc1cccc(C(F)(F)F)c1)C1CCNCC1. The Hall–Kier alpha value is -1.47. The molecule has 0 bridgehead atoms. The van der Waals surface area contributed by atoms with Crippen LogP contribution in [0.5, 0.6) is 5.75 Å². The van der Waals surface area contributed by atoms with E-state index in [9.17, 15) is 18.0 Å². The maximum atomic E-state index is 12.6. The lowest BCUT2D eigenvalue weighted by Crippen LogP contribution is -2.39. The standard InChI is InChI=1S/C15H19F3N2O2.ClH/c16-15(17,18)12-2-1-3-13(10-12)22-9-8-20-14(21)11-4-6-19-7-5-11;/h1-3,10-11,19H,4-9H2,(H,20,21);1H. The third kappa shape index (κ3) is 6.27. The van der Waals surface area contributed by atoms with E-state index in [2.05, 4.69) is 10.6 Å². The molecule has 0 unspecified atom stereocenters. The summed E-state index contributed by atoms with van der Waals surface area (Å²) in [6.45, 7) is 2.08. The van der Waals surface area contributed by atoms with Gasteiger partial charge >= 0.3 is 6.18 Å². The molecule has 1 fully saturated rings. The Bertz CT molecular complexity index is 506. The van der Waals surface area contributed by atoms with Crippen molar-refractivity contribution in [3.05, 3.63) is 29.8 Å². The van der Waals surface area contributed by atoms with Crippen molar-refractivity contribution < 1.29 is 22.7 Å². The fourth-order valence-corrected chi connectivity index (χ4v) is 2.33. The summed E-state index contributed by atoms with van der Waals surface area (Å²) < 4.78 is 42.9. The highest BCUT2D eigenvalue weighted by Gasteiger charge is 2.30. The first-order chi connectivity index (χ1) is 10.5. The molecule has 1 aromatic carbocycles. The molecule has 1 aliphatic heterocycles.